The molecule has 9 heteroatoms. The molecule has 0 aromatic heterocycles. The van der Waals surface area contributed by atoms with Crippen LogP contribution in [0.3, 0.4) is 0 Å². The average Bonchev–Trinajstić information content (AvgIpc) is 2.47. The zero-order chi connectivity index (χ0) is 17.5. The zero-order valence-electron chi connectivity index (χ0n) is 12.8. The quantitative estimate of drug-likeness (QED) is 0.631. The van der Waals surface area contributed by atoms with E-state index in [1.807, 2.05) is 0 Å². The maximum Gasteiger partial charge on any atom is 0.328 e. The molecule has 0 aliphatic heterocycles. The van der Waals surface area contributed by atoms with Crippen LogP contribution < -0.4 is 10.0 Å². The number of benzene rings is 1. The molecule has 0 saturated heterocycles. The molecule has 0 aliphatic rings. The summed E-state index contributed by atoms with van der Waals surface area (Å²) in [7, 11) is -3.67. The third-order valence-electron chi connectivity index (χ3n) is 2.79. The van der Waals surface area contributed by atoms with E-state index in [2.05, 4.69) is 26.0 Å². The molecule has 1 aromatic carbocycles. The summed E-state index contributed by atoms with van der Waals surface area (Å²) in [6.45, 7) is 3.33. The average molecular weight is 407 g/mol. The Balaban J connectivity index is 2.45. The third kappa shape index (κ3) is 6.67. The van der Waals surface area contributed by atoms with Crippen molar-refractivity contribution in [1.29, 1.82) is 0 Å². The molecule has 1 aromatic rings. The van der Waals surface area contributed by atoms with Gasteiger partial charge in [-0.05, 0) is 38.1 Å². The van der Waals surface area contributed by atoms with Gasteiger partial charge in [-0.25, -0.2) is 17.9 Å². The van der Waals surface area contributed by atoms with Crippen molar-refractivity contribution in [3.8, 4) is 0 Å². The molecule has 128 valence electrons. The fourth-order valence-corrected chi connectivity index (χ4v) is 2.93. The molecule has 0 fully saturated rings. The lowest BCUT2D eigenvalue weighted by molar-refractivity contribution is -0.146. The van der Waals surface area contributed by atoms with Gasteiger partial charge >= 0.3 is 5.97 Å². The summed E-state index contributed by atoms with van der Waals surface area (Å²) in [5, 5.41) is 2.44. The zero-order valence-corrected chi connectivity index (χ0v) is 15.2. The Kier molecular flexibility index (Phi) is 7.66. The van der Waals surface area contributed by atoms with Crippen LogP contribution in [-0.2, 0) is 24.3 Å². The van der Waals surface area contributed by atoms with Crippen molar-refractivity contribution >= 4 is 37.8 Å². The van der Waals surface area contributed by atoms with E-state index in [0.717, 1.165) is 4.47 Å². The van der Waals surface area contributed by atoms with Crippen molar-refractivity contribution in [1.82, 2.24) is 10.0 Å². The Morgan fingerprint density at radius 1 is 1.26 bits per heavy atom. The maximum absolute atomic E-state index is 12.0. The molecule has 0 aliphatic carbocycles. The van der Waals surface area contributed by atoms with Crippen LogP contribution in [0, 0.1) is 0 Å². The van der Waals surface area contributed by atoms with Crippen molar-refractivity contribution in [2.24, 2.45) is 0 Å². The highest BCUT2D eigenvalue weighted by atomic mass is 79.9. The molecular weight excluding hydrogens is 388 g/mol. The minimum absolute atomic E-state index is 0.0697. The number of halogens is 1. The van der Waals surface area contributed by atoms with Crippen LogP contribution in [0.2, 0.25) is 0 Å². The number of sulfonamides is 1. The van der Waals surface area contributed by atoms with Gasteiger partial charge in [0.2, 0.25) is 15.9 Å². The van der Waals surface area contributed by atoms with E-state index in [9.17, 15) is 18.0 Å². The fourth-order valence-electron chi connectivity index (χ4n) is 1.64. The molecule has 23 heavy (non-hydrogen) atoms. The molecule has 0 bridgehead atoms. The SMILES string of the molecule is CCOC(=O)C(C)NC(=O)CCNS(=O)(=O)c1ccc(Br)cc1. The first-order chi connectivity index (χ1) is 10.8. The summed E-state index contributed by atoms with van der Waals surface area (Å²) in [5.74, 6) is -0.972. The highest BCUT2D eigenvalue weighted by molar-refractivity contribution is 9.10. The molecule has 0 heterocycles. The first-order valence-electron chi connectivity index (χ1n) is 6.97. The molecule has 0 radical (unpaired) electrons. The van der Waals surface area contributed by atoms with Crippen molar-refractivity contribution in [2.75, 3.05) is 13.2 Å². The molecule has 1 atom stereocenters. The Labute approximate surface area is 144 Å². The number of rotatable bonds is 8. The first-order valence-corrected chi connectivity index (χ1v) is 9.25. The number of hydrogen-bond donors (Lipinski definition) is 2. The summed E-state index contributed by atoms with van der Waals surface area (Å²) in [4.78, 5) is 23.2. The largest absolute Gasteiger partial charge is 0.464 e. The Morgan fingerprint density at radius 2 is 1.87 bits per heavy atom. The lowest BCUT2D eigenvalue weighted by Crippen LogP contribution is -2.40. The van der Waals surface area contributed by atoms with Gasteiger partial charge in [0.1, 0.15) is 6.04 Å². The van der Waals surface area contributed by atoms with Gasteiger partial charge in [-0.15, -0.1) is 0 Å². The highest BCUT2D eigenvalue weighted by Gasteiger charge is 2.17. The summed E-state index contributed by atoms with van der Waals surface area (Å²) in [6, 6.07) is 5.36. The van der Waals surface area contributed by atoms with Gasteiger partial charge in [-0.3, -0.25) is 4.79 Å². The summed E-state index contributed by atoms with van der Waals surface area (Å²) >= 11 is 3.22. The smallest absolute Gasteiger partial charge is 0.328 e. The second kappa shape index (κ2) is 8.99. The topological polar surface area (TPSA) is 102 Å². The van der Waals surface area contributed by atoms with E-state index < -0.39 is 27.9 Å². The normalized spacial score (nSPS) is 12.5. The first kappa shape index (κ1) is 19.6. The van der Waals surface area contributed by atoms with Gasteiger partial charge in [-0.1, -0.05) is 15.9 Å². The van der Waals surface area contributed by atoms with E-state index in [4.69, 9.17) is 4.74 Å². The van der Waals surface area contributed by atoms with E-state index in [-0.39, 0.29) is 24.5 Å². The van der Waals surface area contributed by atoms with Crippen LogP contribution in [0.25, 0.3) is 0 Å². The van der Waals surface area contributed by atoms with E-state index in [1.165, 1.54) is 19.1 Å². The van der Waals surface area contributed by atoms with Gasteiger partial charge in [-0.2, -0.15) is 0 Å². The molecule has 7 nitrogen and oxygen atoms in total. The number of amides is 1. The van der Waals surface area contributed by atoms with Crippen molar-refractivity contribution in [3.05, 3.63) is 28.7 Å². The molecule has 1 amide bonds. The minimum atomic E-state index is -3.67. The summed E-state index contributed by atoms with van der Waals surface area (Å²) < 4.78 is 31.9. The maximum atomic E-state index is 12.0. The van der Waals surface area contributed by atoms with Crippen molar-refractivity contribution in [2.45, 2.75) is 31.2 Å². The number of hydrogen-bond acceptors (Lipinski definition) is 5. The fraction of sp³-hybridized carbons (Fsp3) is 0.429. The second-order valence-corrected chi connectivity index (χ2v) is 7.33. The van der Waals surface area contributed by atoms with E-state index in [1.54, 1.807) is 19.1 Å². The van der Waals surface area contributed by atoms with Crippen molar-refractivity contribution in [3.63, 3.8) is 0 Å². The van der Waals surface area contributed by atoms with Crippen molar-refractivity contribution < 1.29 is 22.7 Å². The minimum Gasteiger partial charge on any atom is -0.464 e. The standard InChI is InChI=1S/C14H19BrN2O5S/c1-3-22-14(19)10(2)17-13(18)8-9-16-23(20,21)12-6-4-11(15)5-7-12/h4-7,10,16H,3,8-9H2,1-2H3,(H,17,18). The van der Waals surface area contributed by atoms with Crippen LogP contribution in [0.1, 0.15) is 20.3 Å². The van der Waals surface area contributed by atoms with Crippen LogP contribution in [0.4, 0.5) is 0 Å². The Hall–Kier alpha value is -1.45. The van der Waals surface area contributed by atoms with Crippen LogP contribution in [0.5, 0.6) is 0 Å². The van der Waals surface area contributed by atoms with Gasteiger partial charge < -0.3 is 10.1 Å². The molecular formula is C14H19BrN2O5S. The Morgan fingerprint density at radius 3 is 2.43 bits per heavy atom. The van der Waals surface area contributed by atoms with Crippen LogP contribution in [0.15, 0.2) is 33.6 Å². The predicted molar refractivity (Wildman–Crippen MR) is 88.2 cm³/mol. The van der Waals surface area contributed by atoms with Gasteiger partial charge in [0.05, 0.1) is 11.5 Å². The van der Waals surface area contributed by atoms with E-state index >= 15 is 0 Å². The lowest BCUT2D eigenvalue weighted by atomic mass is 10.3. The summed E-state index contributed by atoms with van der Waals surface area (Å²) in [6.07, 6.45) is -0.0838. The van der Waals surface area contributed by atoms with Crippen LogP contribution >= 0.6 is 15.9 Å². The summed E-state index contributed by atoms with van der Waals surface area (Å²) in [5.41, 5.74) is 0. The molecule has 0 spiro atoms. The molecule has 1 unspecified atom stereocenters. The van der Waals surface area contributed by atoms with Crippen LogP contribution in [-0.4, -0.2) is 39.5 Å². The predicted octanol–water partition coefficient (Wildman–Crippen LogP) is 1.19. The van der Waals surface area contributed by atoms with Gasteiger partial charge in [0, 0.05) is 17.4 Å². The molecule has 1 rings (SSSR count). The number of nitrogens with one attached hydrogen (secondary N) is 2. The van der Waals surface area contributed by atoms with E-state index in [0.29, 0.717) is 0 Å². The molecule has 0 saturated carbocycles. The number of esters is 1. The third-order valence-corrected chi connectivity index (χ3v) is 4.79. The van der Waals surface area contributed by atoms with Gasteiger partial charge in [0.15, 0.2) is 0 Å². The number of ether oxygens (including phenoxy) is 1. The monoisotopic (exact) mass is 406 g/mol. The second-order valence-electron chi connectivity index (χ2n) is 4.64. The number of carbonyl (C=O) groups is 2. The lowest BCUT2D eigenvalue weighted by Gasteiger charge is -2.12. The highest BCUT2D eigenvalue weighted by Crippen LogP contribution is 2.14. The van der Waals surface area contributed by atoms with Gasteiger partial charge in [0.25, 0.3) is 0 Å². The molecule has 2 N–H and O–H groups in total. The Bertz CT molecular complexity index is 646. The number of carbonyl (C=O) groups excluding carboxylic acids is 2.